The van der Waals surface area contributed by atoms with E-state index in [4.69, 9.17) is 28.4 Å². The molecule has 2 rings (SSSR count). The SMILES string of the molecule is COc1ccccc1-c1cc(=O)[nH]c(=S)n1CCN=C(N)N.Cl. The Kier molecular flexibility index (Phi) is 6.80. The number of aliphatic imine (C=N–C) groups is 1. The molecule has 7 nitrogen and oxygen atoms in total. The summed E-state index contributed by atoms with van der Waals surface area (Å²) in [5, 5.41) is 0. The smallest absolute Gasteiger partial charge is 0.252 e. The predicted octanol–water partition coefficient (Wildman–Crippen LogP) is 1.28. The van der Waals surface area contributed by atoms with Crippen LogP contribution >= 0.6 is 24.6 Å². The summed E-state index contributed by atoms with van der Waals surface area (Å²) in [6.07, 6.45) is 0. The summed E-state index contributed by atoms with van der Waals surface area (Å²) in [7, 11) is 1.57. The molecule has 0 aliphatic rings. The lowest BCUT2D eigenvalue weighted by atomic mass is 10.1. The Morgan fingerprint density at radius 1 is 1.39 bits per heavy atom. The van der Waals surface area contributed by atoms with Gasteiger partial charge in [0, 0.05) is 18.2 Å². The van der Waals surface area contributed by atoms with E-state index in [1.807, 2.05) is 24.3 Å². The van der Waals surface area contributed by atoms with Crippen LogP contribution < -0.4 is 21.8 Å². The zero-order valence-electron chi connectivity index (χ0n) is 12.5. The van der Waals surface area contributed by atoms with Crippen LogP contribution in [0.25, 0.3) is 11.3 Å². The normalized spacial score (nSPS) is 9.78. The van der Waals surface area contributed by atoms with Crippen molar-refractivity contribution in [3.05, 3.63) is 45.5 Å². The summed E-state index contributed by atoms with van der Waals surface area (Å²) >= 11 is 5.24. The van der Waals surface area contributed by atoms with Gasteiger partial charge in [0.2, 0.25) is 0 Å². The number of aromatic nitrogens is 2. The number of nitrogens with two attached hydrogens (primary N) is 2. The first-order chi connectivity index (χ1) is 10.5. The number of hydrogen-bond acceptors (Lipinski definition) is 4. The van der Waals surface area contributed by atoms with Gasteiger partial charge in [-0.2, -0.15) is 0 Å². The number of nitrogens with zero attached hydrogens (tertiary/aromatic N) is 2. The van der Waals surface area contributed by atoms with Crippen LogP contribution in [0, 0.1) is 4.77 Å². The van der Waals surface area contributed by atoms with Gasteiger partial charge in [0.25, 0.3) is 5.56 Å². The topological polar surface area (TPSA) is 111 Å². The monoisotopic (exact) mass is 355 g/mol. The van der Waals surface area contributed by atoms with Crippen molar-refractivity contribution in [2.45, 2.75) is 6.54 Å². The Morgan fingerprint density at radius 2 is 2.09 bits per heavy atom. The number of ether oxygens (including phenoxy) is 1. The van der Waals surface area contributed by atoms with E-state index in [0.29, 0.717) is 29.3 Å². The third-order valence-corrected chi connectivity index (χ3v) is 3.36. The number of methoxy groups -OCH3 is 1. The fourth-order valence-electron chi connectivity index (χ4n) is 2.10. The standard InChI is InChI=1S/C14H17N5O2S.ClH/c1-21-11-5-3-2-4-9(11)10-8-12(20)18-14(22)19(10)7-6-17-13(15)16;/h2-5,8H,6-7H2,1H3,(H4,15,16,17)(H,18,20,22);1H. The van der Waals surface area contributed by atoms with Crippen molar-refractivity contribution in [2.24, 2.45) is 16.5 Å². The highest BCUT2D eigenvalue weighted by Crippen LogP contribution is 2.28. The van der Waals surface area contributed by atoms with E-state index < -0.39 is 0 Å². The van der Waals surface area contributed by atoms with Gasteiger partial charge in [-0.1, -0.05) is 12.1 Å². The van der Waals surface area contributed by atoms with Crippen molar-refractivity contribution in [3.8, 4) is 17.0 Å². The summed E-state index contributed by atoms with van der Waals surface area (Å²) in [6, 6.07) is 8.87. The largest absolute Gasteiger partial charge is 0.496 e. The lowest BCUT2D eigenvalue weighted by Crippen LogP contribution is -2.24. The number of nitrogens with one attached hydrogen (secondary N) is 1. The molecule has 23 heavy (non-hydrogen) atoms. The molecule has 0 bridgehead atoms. The molecule has 1 heterocycles. The fourth-order valence-corrected chi connectivity index (χ4v) is 2.39. The molecule has 0 spiro atoms. The minimum absolute atomic E-state index is 0. The Bertz CT molecular complexity index is 811. The lowest BCUT2D eigenvalue weighted by Gasteiger charge is -2.15. The first-order valence-corrected chi connectivity index (χ1v) is 6.96. The molecule has 0 radical (unpaired) electrons. The minimum Gasteiger partial charge on any atom is -0.496 e. The van der Waals surface area contributed by atoms with Crippen LogP contribution in [0.15, 0.2) is 40.1 Å². The first kappa shape index (κ1) is 18.7. The highest BCUT2D eigenvalue weighted by Gasteiger charge is 2.11. The van der Waals surface area contributed by atoms with Crippen LogP contribution in [-0.2, 0) is 6.54 Å². The summed E-state index contributed by atoms with van der Waals surface area (Å²) in [5.74, 6) is 0.660. The van der Waals surface area contributed by atoms with Gasteiger partial charge in [-0.15, -0.1) is 12.4 Å². The van der Waals surface area contributed by atoms with E-state index in [2.05, 4.69) is 9.98 Å². The number of hydrogen-bond donors (Lipinski definition) is 3. The van der Waals surface area contributed by atoms with Gasteiger partial charge < -0.3 is 20.8 Å². The van der Waals surface area contributed by atoms with Crippen LogP contribution in [0.3, 0.4) is 0 Å². The van der Waals surface area contributed by atoms with Crippen molar-refractivity contribution in [1.29, 1.82) is 0 Å². The quantitative estimate of drug-likeness (QED) is 0.425. The average molecular weight is 356 g/mol. The van der Waals surface area contributed by atoms with Gasteiger partial charge in [-0.05, 0) is 24.4 Å². The summed E-state index contributed by atoms with van der Waals surface area (Å²) < 4.78 is 7.42. The third kappa shape index (κ3) is 4.57. The molecule has 9 heteroatoms. The van der Waals surface area contributed by atoms with Crippen LogP contribution in [0.4, 0.5) is 0 Å². The van der Waals surface area contributed by atoms with Crippen molar-refractivity contribution in [1.82, 2.24) is 9.55 Å². The summed E-state index contributed by atoms with van der Waals surface area (Å²) in [6.45, 7) is 0.783. The molecule has 0 aliphatic carbocycles. The number of benzene rings is 1. The molecule has 0 aliphatic heterocycles. The van der Waals surface area contributed by atoms with Gasteiger partial charge in [0.15, 0.2) is 10.7 Å². The molecule has 2 aromatic rings. The van der Waals surface area contributed by atoms with Gasteiger partial charge >= 0.3 is 0 Å². The van der Waals surface area contributed by atoms with E-state index in [0.717, 1.165) is 5.56 Å². The molecule has 1 aromatic heterocycles. The van der Waals surface area contributed by atoms with Crippen LogP contribution in [0.5, 0.6) is 5.75 Å². The Labute approximate surface area is 144 Å². The van der Waals surface area contributed by atoms with Crippen molar-refractivity contribution < 1.29 is 4.74 Å². The van der Waals surface area contributed by atoms with Gasteiger partial charge in [0.1, 0.15) is 5.75 Å². The van der Waals surface area contributed by atoms with Gasteiger partial charge in [0.05, 0.1) is 19.3 Å². The maximum atomic E-state index is 11.8. The minimum atomic E-state index is -0.274. The maximum Gasteiger partial charge on any atom is 0.252 e. The Hall–Kier alpha value is -2.32. The molecule has 5 N–H and O–H groups in total. The Balaban J connectivity index is 0.00000264. The third-order valence-electron chi connectivity index (χ3n) is 3.03. The lowest BCUT2D eigenvalue weighted by molar-refractivity contribution is 0.416. The maximum absolute atomic E-state index is 11.8. The number of rotatable bonds is 5. The van der Waals surface area contributed by atoms with Gasteiger partial charge in [-0.3, -0.25) is 14.8 Å². The van der Waals surface area contributed by atoms with Crippen molar-refractivity contribution in [3.63, 3.8) is 0 Å². The zero-order valence-corrected chi connectivity index (χ0v) is 14.1. The van der Waals surface area contributed by atoms with Crippen molar-refractivity contribution >= 4 is 30.6 Å². The van der Waals surface area contributed by atoms with E-state index in [1.165, 1.54) is 6.07 Å². The van der Waals surface area contributed by atoms with E-state index >= 15 is 0 Å². The molecule has 0 saturated carbocycles. The highest BCUT2D eigenvalue weighted by atomic mass is 35.5. The van der Waals surface area contributed by atoms with Crippen LogP contribution in [-0.4, -0.2) is 29.2 Å². The van der Waals surface area contributed by atoms with E-state index in [9.17, 15) is 4.79 Å². The summed E-state index contributed by atoms with van der Waals surface area (Å²) in [4.78, 5) is 18.3. The molecule has 0 amide bonds. The molecule has 0 unspecified atom stereocenters. The number of H-pyrrole nitrogens is 1. The number of para-hydroxylation sites is 1. The molecular formula is C14H18ClN5O2S. The first-order valence-electron chi connectivity index (χ1n) is 6.56. The van der Waals surface area contributed by atoms with E-state index in [1.54, 1.807) is 11.7 Å². The molecular weight excluding hydrogens is 338 g/mol. The summed E-state index contributed by atoms with van der Waals surface area (Å²) in [5.41, 5.74) is 11.8. The number of halogens is 1. The Morgan fingerprint density at radius 3 is 2.74 bits per heavy atom. The van der Waals surface area contributed by atoms with Crippen molar-refractivity contribution in [2.75, 3.05) is 13.7 Å². The number of aromatic amines is 1. The average Bonchev–Trinajstić information content (AvgIpc) is 2.48. The predicted molar refractivity (Wildman–Crippen MR) is 95.8 cm³/mol. The van der Waals surface area contributed by atoms with E-state index in [-0.39, 0.29) is 23.9 Å². The second-order valence-electron chi connectivity index (χ2n) is 4.48. The molecule has 124 valence electrons. The number of guanidine groups is 1. The van der Waals surface area contributed by atoms with Crippen LogP contribution in [0.2, 0.25) is 0 Å². The van der Waals surface area contributed by atoms with Crippen LogP contribution in [0.1, 0.15) is 0 Å². The fraction of sp³-hybridized carbons (Fsp3) is 0.214. The highest BCUT2D eigenvalue weighted by molar-refractivity contribution is 7.71. The molecule has 0 saturated heterocycles. The molecule has 1 aromatic carbocycles. The second-order valence-corrected chi connectivity index (χ2v) is 4.87. The zero-order chi connectivity index (χ0) is 16.1. The molecule has 0 atom stereocenters. The second kappa shape index (κ2) is 8.35. The molecule has 0 fully saturated rings. The van der Waals surface area contributed by atoms with Gasteiger partial charge in [-0.25, -0.2) is 0 Å².